The third-order valence-corrected chi connectivity index (χ3v) is 7.55. The Morgan fingerprint density at radius 3 is 1.25 bits per heavy atom. The Labute approximate surface area is 174 Å². The van der Waals surface area contributed by atoms with Gasteiger partial charge in [-0.3, -0.25) is 0 Å². The molecule has 0 aliphatic heterocycles. The highest BCUT2D eigenvalue weighted by molar-refractivity contribution is 14.1. The topological polar surface area (TPSA) is 0 Å². The van der Waals surface area contributed by atoms with Crippen molar-refractivity contribution in [3.8, 4) is 0 Å². The third kappa shape index (κ3) is 4.35. The summed E-state index contributed by atoms with van der Waals surface area (Å²) in [5.74, 6) is 0.567. The van der Waals surface area contributed by atoms with E-state index in [1.54, 1.807) is 0 Å². The van der Waals surface area contributed by atoms with Crippen molar-refractivity contribution in [3.05, 3.63) is 85.5 Å². The Morgan fingerprint density at radius 2 is 0.917 bits per heavy atom. The Kier molecular flexibility index (Phi) is 6.27. The van der Waals surface area contributed by atoms with E-state index in [1.807, 2.05) is 0 Å². The lowest BCUT2D eigenvalue weighted by molar-refractivity contribution is 0.864. The zero-order chi connectivity index (χ0) is 17.1. The van der Waals surface area contributed by atoms with Crippen molar-refractivity contribution in [2.45, 2.75) is 34.5 Å². The molecule has 0 saturated heterocycles. The highest BCUT2D eigenvalue weighted by atomic mass is 127. The van der Waals surface area contributed by atoms with E-state index < -0.39 is 0 Å². The van der Waals surface area contributed by atoms with Crippen molar-refractivity contribution in [3.63, 3.8) is 0 Å². The molecule has 0 saturated carbocycles. The minimum absolute atomic E-state index is 0.0593. The number of halogens is 2. The van der Waals surface area contributed by atoms with Gasteiger partial charge in [0.25, 0.3) is 0 Å². The summed E-state index contributed by atoms with van der Waals surface area (Å²) in [5.41, 5.74) is 1.40. The number of hydrogen-bond acceptors (Lipinski definition) is 0. The Hall–Kier alpha value is -0.530. The van der Waals surface area contributed by atoms with Gasteiger partial charge in [0.1, 0.15) is 0 Å². The minimum Gasteiger partial charge on any atom is -0.0587 e. The molecule has 122 valence electrons. The molecule has 0 nitrogen and oxygen atoms in total. The number of hydrogen-bond donors (Lipinski definition) is 0. The molecular weight excluding hydrogens is 538 g/mol. The van der Waals surface area contributed by atoms with Gasteiger partial charge >= 0.3 is 0 Å². The Morgan fingerprint density at radius 1 is 0.583 bits per heavy atom. The largest absolute Gasteiger partial charge is 0.166 e. The minimum atomic E-state index is -0.0593. The zero-order valence-corrected chi connectivity index (χ0v) is 18.8. The van der Waals surface area contributed by atoms with E-state index in [0.717, 1.165) is 0 Å². The van der Waals surface area contributed by atoms with Crippen LogP contribution >= 0.6 is 45.2 Å². The van der Waals surface area contributed by atoms with Gasteiger partial charge in [-0.2, -0.15) is 0 Å². The van der Waals surface area contributed by atoms with Gasteiger partial charge in [0.2, 0.25) is 0 Å². The van der Waals surface area contributed by atoms with Crippen molar-refractivity contribution in [2.75, 3.05) is 0 Å². The van der Waals surface area contributed by atoms with Gasteiger partial charge in [-0.15, -0.1) is 0 Å². The van der Waals surface area contributed by atoms with Crippen LogP contribution < -0.4 is 0 Å². The molecule has 0 radical (unpaired) electrons. The van der Waals surface area contributed by atoms with Gasteiger partial charge in [-0.25, -0.2) is 0 Å². The lowest BCUT2D eigenvalue weighted by atomic mass is 10.0. The molecular formula is C21H19I2S+. The van der Waals surface area contributed by atoms with Gasteiger partial charge in [0.15, 0.2) is 14.7 Å². The second-order valence-electron chi connectivity index (χ2n) is 5.94. The summed E-state index contributed by atoms with van der Waals surface area (Å²) in [7, 11) is -0.0593. The molecule has 0 atom stereocenters. The maximum Gasteiger partial charge on any atom is 0.166 e. The molecule has 24 heavy (non-hydrogen) atoms. The van der Waals surface area contributed by atoms with Gasteiger partial charge in [0.05, 0.1) is 10.9 Å². The standard InChI is InChI=1S/C21H19I2S/c1-15(2)16-3-9-19(10-4-16)24(20-11-5-17(22)6-12-20)21-13-7-18(23)8-14-21/h3-15H,1-2H3/q+1. The molecule has 0 N–H and O–H groups in total. The molecule has 0 aliphatic rings. The van der Waals surface area contributed by atoms with Crippen LogP contribution in [0.4, 0.5) is 0 Å². The average molecular weight is 557 g/mol. The second kappa shape index (κ2) is 8.23. The molecule has 3 aromatic carbocycles. The van der Waals surface area contributed by atoms with Crippen LogP contribution in [0, 0.1) is 7.14 Å². The van der Waals surface area contributed by atoms with Crippen LogP contribution in [0.2, 0.25) is 0 Å². The summed E-state index contributed by atoms with van der Waals surface area (Å²) in [4.78, 5) is 4.12. The number of benzene rings is 3. The van der Waals surface area contributed by atoms with E-state index in [2.05, 4.69) is 132 Å². The lowest BCUT2D eigenvalue weighted by Gasteiger charge is -2.10. The molecule has 0 bridgehead atoms. The quantitative estimate of drug-likeness (QED) is 0.237. The first-order valence-electron chi connectivity index (χ1n) is 7.90. The summed E-state index contributed by atoms with van der Waals surface area (Å²) < 4.78 is 2.55. The van der Waals surface area contributed by atoms with Crippen molar-refractivity contribution >= 4 is 56.1 Å². The fourth-order valence-electron chi connectivity index (χ4n) is 2.54. The number of rotatable bonds is 4. The Bertz CT molecular complexity index is 745. The third-order valence-electron chi connectivity index (χ3n) is 3.88. The molecule has 0 fully saturated rings. The molecule has 3 rings (SSSR count). The summed E-state index contributed by atoms with van der Waals surface area (Å²) >= 11 is 4.73. The molecule has 0 heterocycles. The van der Waals surface area contributed by atoms with Crippen molar-refractivity contribution in [1.29, 1.82) is 0 Å². The van der Waals surface area contributed by atoms with Gasteiger partial charge in [0, 0.05) is 7.14 Å². The average Bonchev–Trinajstić information content (AvgIpc) is 2.59. The van der Waals surface area contributed by atoms with Crippen LogP contribution in [0.25, 0.3) is 0 Å². The van der Waals surface area contributed by atoms with E-state index in [9.17, 15) is 0 Å². The molecule has 3 heteroatoms. The van der Waals surface area contributed by atoms with Crippen LogP contribution in [-0.2, 0) is 10.9 Å². The normalized spacial score (nSPS) is 11.2. The fourth-order valence-corrected chi connectivity index (χ4v) is 5.30. The molecule has 0 unspecified atom stereocenters. The van der Waals surface area contributed by atoms with Crippen LogP contribution in [0.1, 0.15) is 25.3 Å². The van der Waals surface area contributed by atoms with E-state index >= 15 is 0 Å². The first-order valence-corrected chi connectivity index (χ1v) is 11.3. The predicted molar refractivity (Wildman–Crippen MR) is 121 cm³/mol. The van der Waals surface area contributed by atoms with Crippen LogP contribution in [-0.4, -0.2) is 0 Å². The van der Waals surface area contributed by atoms with Crippen LogP contribution in [0.15, 0.2) is 87.5 Å². The highest BCUT2D eigenvalue weighted by Crippen LogP contribution is 2.32. The van der Waals surface area contributed by atoms with E-state index in [1.165, 1.54) is 27.4 Å². The summed E-state index contributed by atoms with van der Waals surface area (Å²) in [6.07, 6.45) is 0. The lowest BCUT2D eigenvalue weighted by Crippen LogP contribution is -2.05. The van der Waals surface area contributed by atoms with Crippen LogP contribution in [0.3, 0.4) is 0 Å². The highest BCUT2D eigenvalue weighted by Gasteiger charge is 2.28. The zero-order valence-electron chi connectivity index (χ0n) is 13.7. The molecule has 3 aromatic rings. The summed E-state index contributed by atoms with van der Waals surface area (Å²) in [6.45, 7) is 4.49. The maximum atomic E-state index is 2.37. The summed E-state index contributed by atoms with van der Waals surface area (Å²) in [6, 6.07) is 27.0. The van der Waals surface area contributed by atoms with E-state index in [-0.39, 0.29) is 10.9 Å². The first kappa shape index (κ1) is 18.3. The first-order chi connectivity index (χ1) is 11.5. The van der Waals surface area contributed by atoms with Crippen LogP contribution in [0.5, 0.6) is 0 Å². The van der Waals surface area contributed by atoms with Crippen molar-refractivity contribution in [2.24, 2.45) is 0 Å². The van der Waals surface area contributed by atoms with Gasteiger partial charge in [-0.05, 0) is 117 Å². The molecule has 0 aromatic heterocycles. The Balaban J connectivity index is 2.07. The fraction of sp³-hybridized carbons (Fsp3) is 0.143. The molecule has 0 aliphatic carbocycles. The van der Waals surface area contributed by atoms with E-state index in [4.69, 9.17) is 0 Å². The van der Waals surface area contributed by atoms with Gasteiger partial charge < -0.3 is 0 Å². The predicted octanol–water partition coefficient (Wildman–Crippen LogP) is 7.11. The van der Waals surface area contributed by atoms with Gasteiger partial charge in [-0.1, -0.05) is 26.0 Å². The maximum absolute atomic E-state index is 2.37. The summed E-state index contributed by atoms with van der Waals surface area (Å²) in [5, 5.41) is 0. The van der Waals surface area contributed by atoms with E-state index in [0.29, 0.717) is 5.92 Å². The SMILES string of the molecule is CC(C)c1ccc([S+](c2ccc(I)cc2)c2ccc(I)cc2)cc1. The molecule has 0 spiro atoms. The molecule has 0 amide bonds. The van der Waals surface area contributed by atoms with Crippen molar-refractivity contribution in [1.82, 2.24) is 0 Å². The second-order valence-corrected chi connectivity index (χ2v) is 10.5. The monoisotopic (exact) mass is 557 g/mol. The van der Waals surface area contributed by atoms with Crippen molar-refractivity contribution < 1.29 is 0 Å². The smallest absolute Gasteiger partial charge is 0.0587 e.